The third kappa shape index (κ3) is 2.85. The normalized spacial score (nSPS) is 13.2. The molecule has 16 heavy (non-hydrogen) atoms. The van der Waals surface area contributed by atoms with Gasteiger partial charge in [0.05, 0.1) is 0 Å². The Hall–Kier alpha value is -1.79. The maximum atomic E-state index is 12.5. The molecule has 0 spiro atoms. The van der Waals surface area contributed by atoms with Crippen molar-refractivity contribution in [3.05, 3.63) is 23.9 Å². The Morgan fingerprint density at radius 3 is 2.69 bits per heavy atom. The van der Waals surface area contributed by atoms with Crippen LogP contribution in [0.1, 0.15) is 12.5 Å². The molecule has 2 N–H and O–H groups in total. The molecule has 0 aliphatic carbocycles. The molecule has 7 heteroatoms. The number of hydrogen-bond acceptors (Lipinski definition) is 3. The van der Waals surface area contributed by atoms with Crippen LogP contribution in [-0.2, 0) is 11.0 Å². The zero-order chi connectivity index (χ0) is 12.3. The summed E-state index contributed by atoms with van der Waals surface area (Å²) >= 11 is 0. The van der Waals surface area contributed by atoms with Gasteiger partial charge in [-0.2, -0.15) is 13.2 Å². The molecule has 0 aromatic carbocycles. The highest BCUT2D eigenvalue weighted by Crippen LogP contribution is 2.34. The van der Waals surface area contributed by atoms with Gasteiger partial charge >= 0.3 is 6.18 Å². The zero-order valence-electron chi connectivity index (χ0n) is 8.28. The highest BCUT2D eigenvalue weighted by Gasteiger charge is 2.35. The minimum absolute atomic E-state index is 0.652. The molecule has 0 radical (unpaired) electrons. The highest BCUT2D eigenvalue weighted by molar-refractivity contribution is 5.78. The molecule has 1 aromatic heterocycles. The predicted octanol–water partition coefficient (Wildman–Crippen LogP) is 1.35. The highest BCUT2D eigenvalue weighted by atomic mass is 19.4. The van der Waals surface area contributed by atoms with Gasteiger partial charge < -0.3 is 10.5 Å². The molecule has 0 bridgehead atoms. The Kier molecular flexibility index (Phi) is 3.36. The van der Waals surface area contributed by atoms with Crippen molar-refractivity contribution < 1.29 is 22.7 Å². The fraction of sp³-hybridized carbons (Fsp3) is 0.333. The van der Waals surface area contributed by atoms with Gasteiger partial charge in [-0.3, -0.25) is 4.79 Å². The second-order valence-electron chi connectivity index (χ2n) is 3.02. The van der Waals surface area contributed by atoms with Gasteiger partial charge in [0.15, 0.2) is 6.10 Å². The SMILES string of the molecule is CC(Oc1ncccc1C(F)(F)F)C(N)=O. The second kappa shape index (κ2) is 4.38. The largest absolute Gasteiger partial charge is 0.464 e. The summed E-state index contributed by atoms with van der Waals surface area (Å²) in [6.45, 7) is 1.25. The quantitative estimate of drug-likeness (QED) is 0.858. The maximum absolute atomic E-state index is 12.5. The van der Waals surface area contributed by atoms with Crippen molar-refractivity contribution in [2.24, 2.45) is 5.73 Å². The fourth-order valence-corrected chi connectivity index (χ4v) is 0.926. The van der Waals surface area contributed by atoms with Gasteiger partial charge in [-0.1, -0.05) is 0 Å². The smallest absolute Gasteiger partial charge is 0.421 e. The molecule has 0 saturated heterocycles. The number of carbonyl (C=O) groups excluding carboxylic acids is 1. The number of rotatable bonds is 3. The third-order valence-electron chi connectivity index (χ3n) is 1.77. The lowest BCUT2D eigenvalue weighted by Crippen LogP contribution is -2.31. The minimum atomic E-state index is -4.58. The van der Waals surface area contributed by atoms with E-state index in [2.05, 4.69) is 4.98 Å². The van der Waals surface area contributed by atoms with E-state index in [1.54, 1.807) is 0 Å². The summed E-state index contributed by atoms with van der Waals surface area (Å²) in [7, 11) is 0. The van der Waals surface area contributed by atoms with Crippen LogP contribution in [0, 0.1) is 0 Å². The molecule has 4 nitrogen and oxygen atoms in total. The number of halogens is 3. The molecular formula is C9H9F3N2O2. The topological polar surface area (TPSA) is 65.2 Å². The summed E-state index contributed by atoms with van der Waals surface area (Å²) in [6, 6.07) is 1.95. The number of nitrogens with two attached hydrogens (primary N) is 1. The van der Waals surface area contributed by atoms with E-state index in [1.807, 2.05) is 0 Å². The Morgan fingerprint density at radius 2 is 2.19 bits per heavy atom. The first-order valence-corrected chi connectivity index (χ1v) is 4.30. The van der Waals surface area contributed by atoms with Crippen molar-refractivity contribution in [2.75, 3.05) is 0 Å². The number of nitrogens with zero attached hydrogens (tertiary/aromatic N) is 1. The van der Waals surface area contributed by atoms with Gasteiger partial charge in [0, 0.05) is 6.20 Å². The van der Waals surface area contributed by atoms with Crippen LogP contribution in [0.4, 0.5) is 13.2 Å². The number of primary amides is 1. The van der Waals surface area contributed by atoms with Crippen molar-refractivity contribution in [1.82, 2.24) is 4.98 Å². The van der Waals surface area contributed by atoms with Gasteiger partial charge in [0.25, 0.3) is 5.91 Å². The fourth-order valence-electron chi connectivity index (χ4n) is 0.926. The van der Waals surface area contributed by atoms with Gasteiger partial charge in [-0.15, -0.1) is 0 Å². The number of aromatic nitrogens is 1. The zero-order valence-corrected chi connectivity index (χ0v) is 8.28. The van der Waals surface area contributed by atoms with E-state index in [0.29, 0.717) is 0 Å². The van der Waals surface area contributed by atoms with Crippen LogP contribution in [0.3, 0.4) is 0 Å². The van der Waals surface area contributed by atoms with Crippen molar-refractivity contribution in [3.8, 4) is 5.88 Å². The Labute approximate surface area is 89.2 Å². The molecular weight excluding hydrogens is 225 g/mol. The van der Waals surface area contributed by atoms with Crippen LogP contribution < -0.4 is 10.5 Å². The molecule has 0 saturated carbocycles. The van der Waals surface area contributed by atoms with E-state index >= 15 is 0 Å². The van der Waals surface area contributed by atoms with E-state index in [0.717, 1.165) is 18.3 Å². The first-order valence-electron chi connectivity index (χ1n) is 4.30. The number of alkyl halides is 3. The molecule has 0 aliphatic heterocycles. The molecule has 0 fully saturated rings. The molecule has 1 heterocycles. The summed E-state index contributed by atoms with van der Waals surface area (Å²) < 4.78 is 42.1. The van der Waals surface area contributed by atoms with Crippen molar-refractivity contribution in [1.29, 1.82) is 0 Å². The van der Waals surface area contributed by atoms with Crippen LogP contribution in [0.2, 0.25) is 0 Å². The maximum Gasteiger partial charge on any atom is 0.421 e. The monoisotopic (exact) mass is 234 g/mol. The summed E-state index contributed by atoms with van der Waals surface area (Å²) in [6.07, 6.45) is -4.62. The molecule has 1 rings (SSSR count). The number of pyridine rings is 1. The summed E-state index contributed by atoms with van der Waals surface area (Å²) in [5, 5.41) is 0. The Morgan fingerprint density at radius 1 is 1.56 bits per heavy atom. The average molecular weight is 234 g/mol. The van der Waals surface area contributed by atoms with Crippen molar-refractivity contribution >= 4 is 5.91 Å². The molecule has 0 aliphatic rings. The summed E-state index contributed by atoms with van der Waals surface area (Å²) in [5.41, 5.74) is 3.83. The summed E-state index contributed by atoms with van der Waals surface area (Å²) in [4.78, 5) is 14.1. The van der Waals surface area contributed by atoms with Gasteiger partial charge in [0.2, 0.25) is 5.88 Å². The summed E-state index contributed by atoms with van der Waals surface area (Å²) in [5.74, 6) is -1.51. The lowest BCUT2D eigenvalue weighted by atomic mass is 10.2. The first kappa shape index (κ1) is 12.3. The Balaban J connectivity index is 3.01. The van der Waals surface area contributed by atoms with Crippen LogP contribution in [-0.4, -0.2) is 17.0 Å². The molecule has 1 atom stereocenters. The minimum Gasteiger partial charge on any atom is -0.464 e. The van der Waals surface area contributed by atoms with Gasteiger partial charge in [0.1, 0.15) is 5.56 Å². The third-order valence-corrected chi connectivity index (χ3v) is 1.77. The van der Waals surface area contributed by atoms with Crippen LogP contribution >= 0.6 is 0 Å². The lowest BCUT2D eigenvalue weighted by molar-refractivity contribution is -0.140. The standard InChI is InChI=1S/C9H9F3N2O2/c1-5(7(13)15)16-8-6(9(10,11)12)3-2-4-14-8/h2-5H,1H3,(H2,13,15). The number of ether oxygens (including phenoxy) is 1. The molecule has 1 aromatic rings. The second-order valence-corrected chi connectivity index (χ2v) is 3.02. The first-order chi connectivity index (χ1) is 7.32. The van der Waals surface area contributed by atoms with Crippen LogP contribution in [0.15, 0.2) is 18.3 Å². The van der Waals surface area contributed by atoms with E-state index in [1.165, 1.54) is 6.92 Å². The molecule has 88 valence electrons. The van der Waals surface area contributed by atoms with Crippen LogP contribution in [0.25, 0.3) is 0 Å². The van der Waals surface area contributed by atoms with Gasteiger partial charge in [-0.25, -0.2) is 4.98 Å². The van der Waals surface area contributed by atoms with Crippen molar-refractivity contribution in [3.63, 3.8) is 0 Å². The molecule has 1 unspecified atom stereocenters. The van der Waals surface area contributed by atoms with E-state index in [9.17, 15) is 18.0 Å². The lowest BCUT2D eigenvalue weighted by Gasteiger charge is -2.14. The van der Waals surface area contributed by atoms with Crippen molar-refractivity contribution in [2.45, 2.75) is 19.2 Å². The van der Waals surface area contributed by atoms with E-state index < -0.39 is 29.6 Å². The van der Waals surface area contributed by atoms with Crippen LogP contribution in [0.5, 0.6) is 5.88 Å². The predicted molar refractivity (Wildman–Crippen MR) is 48.5 cm³/mol. The average Bonchev–Trinajstić information content (AvgIpc) is 2.16. The molecule has 1 amide bonds. The van der Waals surface area contributed by atoms with E-state index in [4.69, 9.17) is 10.5 Å². The van der Waals surface area contributed by atoms with Gasteiger partial charge in [-0.05, 0) is 19.1 Å². The number of amides is 1. The number of carbonyl (C=O) groups is 1. The van der Waals surface area contributed by atoms with E-state index in [-0.39, 0.29) is 0 Å². The Bertz CT molecular complexity index is 393. The number of hydrogen-bond donors (Lipinski definition) is 1.